The number of hydrogen-bond donors (Lipinski definition) is 1. The van der Waals surface area contributed by atoms with E-state index >= 15 is 0 Å². The van der Waals surface area contributed by atoms with Crippen molar-refractivity contribution < 1.29 is 0 Å². The Balaban J connectivity index is 1.74. The molecule has 1 saturated heterocycles. The first kappa shape index (κ1) is 8.28. The van der Waals surface area contributed by atoms with Crippen LogP contribution in [0.25, 0.3) is 0 Å². The number of rotatable bonds is 0. The third kappa shape index (κ3) is 1.32. The fourth-order valence-corrected chi connectivity index (χ4v) is 4.00. The molecule has 3 fully saturated rings. The van der Waals surface area contributed by atoms with Crippen molar-refractivity contribution in [2.24, 2.45) is 5.92 Å². The second-order valence-electron chi connectivity index (χ2n) is 5.49. The van der Waals surface area contributed by atoms with Crippen LogP contribution >= 0.6 is 0 Å². The molecule has 1 heteroatoms. The first-order valence-electron chi connectivity index (χ1n) is 6.16. The molecule has 2 atom stereocenters. The van der Waals surface area contributed by atoms with Gasteiger partial charge in [-0.05, 0) is 38.0 Å². The third-order valence-corrected chi connectivity index (χ3v) is 4.61. The summed E-state index contributed by atoms with van der Waals surface area (Å²) in [5, 5.41) is 3.97. The van der Waals surface area contributed by atoms with Crippen LogP contribution < -0.4 is 5.32 Å². The highest BCUT2D eigenvalue weighted by Crippen LogP contribution is 2.45. The topological polar surface area (TPSA) is 12.0 Å². The highest BCUT2D eigenvalue weighted by molar-refractivity contribution is 5.05. The average Bonchev–Trinajstić information content (AvgIpc) is 2.72. The van der Waals surface area contributed by atoms with Crippen LogP contribution in [0, 0.1) is 5.92 Å². The van der Waals surface area contributed by atoms with Crippen molar-refractivity contribution in [2.75, 3.05) is 0 Å². The second kappa shape index (κ2) is 2.98. The van der Waals surface area contributed by atoms with E-state index < -0.39 is 0 Å². The van der Waals surface area contributed by atoms with E-state index in [1.807, 2.05) is 0 Å². The van der Waals surface area contributed by atoms with E-state index in [1.54, 1.807) is 0 Å². The van der Waals surface area contributed by atoms with Gasteiger partial charge in [-0.3, -0.25) is 0 Å². The average molecular weight is 179 g/mol. The lowest BCUT2D eigenvalue weighted by Gasteiger charge is -2.25. The number of fused-ring (bicyclic) bond motifs is 1. The molecule has 0 radical (unpaired) electrons. The zero-order valence-corrected chi connectivity index (χ0v) is 8.52. The molecule has 1 N–H and O–H groups in total. The van der Waals surface area contributed by atoms with Crippen LogP contribution in [-0.2, 0) is 0 Å². The molecule has 0 amide bonds. The third-order valence-electron chi connectivity index (χ3n) is 4.61. The summed E-state index contributed by atoms with van der Waals surface area (Å²) in [5.41, 5.74) is 0.625. The standard InChI is InChI=1S/C12H21N/c1-2-6-11-10(5-1)9-12(13-11)7-3-4-8-12/h10-11,13H,1-9H2/t10-,11+/m0/s1. The van der Waals surface area contributed by atoms with Gasteiger partial charge in [0.25, 0.3) is 0 Å². The van der Waals surface area contributed by atoms with Crippen molar-refractivity contribution in [1.82, 2.24) is 5.32 Å². The lowest BCUT2D eigenvalue weighted by molar-refractivity contribution is 0.324. The van der Waals surface area contributed by atoms with Crippen molar-refractivity contribution in [1.29, 1.82) is 0 Å². The SMILES string of the molecule is C1CC[C@H]2NC3(CCCC3)C[C@@H]2C1. The minimum absolute atomic E-state index is 0.625. The van der Waals surface area contributed by atoms with Gasteiger partial charge in [0, 0.05) is 11.6 Å². The zero-order chi connectivity index (χ0) is 8.73. The van der Waals surface area contributed by atoms with Crippen LogP contribution in [0.3, 0.4) is 0 Å². The fourth-order valence-electron chi connectivity index (χ4n) is 4.00. The molecule has 0 unspecified atom stereocenters. The molecule has 2 saturated carbocycles. The predicted molar refractivity (Wildman–Crippen MR) is 54.7 cm³/mol. The molecule has 0 aromatic heterocycles. The van der Waals surface area contributed by atoms with E-state index in [4.69, 9.17) is 0 Å². The first-order chi connectivity index (χ1) is 6.38. The molecular formula is C12H21N. The van der Waals surface area contributed by atoms with Gasteiger partial charge in [-0.2, -0.15) is 0 Å². The maximum absolute atomic E-state index is 3.97. The molecule has 1 nitrogen and oxygen atoms in total. The minimum Gasteiger partial charge on any atom is -0.308 e. The van der Waals surface area contributed by atoms with E-state index in [2.05, 4.69) is 5.32 Å². The molecule has 1 spiro atoms. The smallest absolute Gasteiger partial charge is 0.0187 e. The summed E-state index contributed by atoms with van der Waals surface area (Å²) in [6, 6.07) is 0.909. The quantitative estimate of drug-likeness (QED) is 0.603. The number of hydrogen-bond acceptors (Lipinski definition) is 1. The van der Waals surface area contributed by atoms with Crippen LogP contribution in [0.2, 0.25) is 0 Å². The summed E-state index contributed by atoms with van der Waals surface area (Å²) in [6.45, 7) is 0. The van der Waals surface area contributed by atoms with Crippen LogP contribution in [0.4, 0.5) is 0 Å². The molecule has 0 bridgehead atoms. The Morgan fingerprint density at radius 2 is 1.69 bits per heavy atom. The molecule has 1 aliphatic heterocycles. The summed E-state index contributed by atoms with van der Waals surface area (Å²) in [6.07, 6.45) is 13.4. The van der Waals surface area contributed by atoms with E-state index in [9.17, 15) is 0 Å². The van der Waals surface area contributed by atoms with E-state index in [0.717, 1.165) is 12.0 Å². The van der Waals surface area contributed by atoms with Crippen LogP contribution in [0.15, 0.2) is 0 Å². The van der Waals surface area contributed by atoms with Gasteiger partial charge < -0.3 is 5.32 Å². The van der Waals surface area contributed by atoms with Gasteiger partial charge >= 0.3 is 0 Å². The van der Waals surface area contributed by atoms with E-state index in [0.29, 0.717) is 5.54 Å². The molecule has 1 heterocycles. The van der Waals surface area contributed by atoms with Crippen LogP contribution in [-0.4, -0.2) is 11.6 Å². The summed E-state index contributed by atoms with van der Waals surface area (Å²) >= 11 is 0. The van der Waals surface area contributed by atoms with Crippen molar-refractivity contribution >= 4 is 0 Å². The van der Waals surface area contributed by atoms with E-state index in [-0.39, 0.29) is 0 Å². The lowest BCUT2D eigenvalue weighted by atomic mass is 9.82. The largest absolute Gasteiger partial charge is 0.308 e. The van der Waals surface area contributed by atoms with Gasteiger partial charge in [-0.1, -0.05) is 25.7 Å². The Labute approximate surface area is 81.3 Å². The van der Waals surface area contributed by atoms with Gasteiger partial charge in [-0.25, -0.2) is 0 Å². The monoisotopic (exact) mass is 179 g/mol. The van der Waals surface area contributed by atoms with Crippen molar-refractivity contribution in [3.05, 3.63) is 0 Å². The molecule has 3 aliphatic rings. The maximum Gasteiger partial charge on any atom is 0.0187 e. The van der Waals surface area contributed by atoms with Gasteiger partial charge in [0.1, 0.15) is 0 Å². The summed E-state index contributed by atoms with van der Waals surface area (Å²) in [4.78, 5) is 0. The predicted octanol–water partition coefficient (Wildman–Crippen LogP) is 2.85. The van der Waals surface area contributed by atoms with Crippen LogP contribution in [0.5, 0.6) is 0 Å². The number of nitrogens with one attached hydrogen (secondary N) is 1. The molecule has 74 valence electrons. The van der Waals surface area contributed by atoms with Crippen molar-refractivity contribution in [2.45, 2.75) is 69.4 Å². The van der Waals surface area contributed by atoms with Gasteiger partial charge in [-0.15, -0.1) is 0 Å². The molecule has 2 aliphatic carbocycles. The van der Waals surface area contributed by atoms with Gasteiger partial charge in [0.15, 0.2) is 0 Å². The Morgan fingerprint density at radius 1 is 0.923 bits per heavy atom. The first-order valence-corrected chi connectivity index (χ1v) is 6.16. The Morgan fingerprint density at radius 3 is 2.46 bits per heavy atom. The Kier molecular flexibility index (Phi) is 1.90. The highest BCUT2D eigenvalue weighted by atomic mass is 15.1. The highest BCUT2D eigenvalue weighted by Gasteiger charge is 2.46. The molecular weight excluding hydrogens is 158 g/mol. The molecule has 13 heavy (non-hydrogen) atoms. The second-order valence-corrected chi connectivity index (χ2v) is 5.49. The molecule has 3 rings (SSSR count). The van der Waals surface area contributed by atoms with E-state index in [1.165, 1.54) is 57.8 Å². The Bertz CT molecular complexity index is 177. The van der Waals surface area contributed by atoms with Crippen LogP contribution in [0.1, 0.15) is 57.8 Å². The minimum atomic E-state index is 0.625. The van der Waals surface area contributed by atoms with Gasteiger partial charge in [0.05, 0.1) is 0 Å². The van der Waals surface area contributed by atoms with Crippen molar-refractivity contribution in [3.63, 3.8) is 0 Å². The summed E-state index contributed by atoms with van der Waals surface area (Å²) < 4.78 is 0. The lowest BCUT2D eigenvalue weighted by Crippen LogP contribution is -2.41. The molecule has 0 aromatic carbocycles. The maximum atomic E-state index is 3.97. The fraction of sp³-hybridized carbons (Fsp3) is 1.00. The van der Waals surface area contributed by atoms with Gasteiger partial charge in [0.2, 0.25) is 0 Å². The zero-order valence-electron chi connectivity index (χ0n) is 8.52. The Hall–Kier alpha value is -0.0400. The summed E-state index contributed by atoms with van der Waals surface area (Å²) in [7, 11) is 0. The van der Waals surface area contributed by atoms with Crippen molar-refractivity contribution in [3.8, 4) is 0 Å². The summed E-state index contributed by atoms with van der Waals surface area (Å²) in [5.74, 6) is 1.05. The normalized spacial score (nSPS) is 42.5. The molecule has 0 aromatic rings.